The lowest BCUT2D eigenvalue weighted by Gasteiger charge is -2.12. The monoisotopic (exact) mass is 358 g/mol. The highest BCUT2D eigenvalue weighted by atomic mass is 35.5. The number of sulfonamides is 1. The van der Waals surface area contributed by atoms with E-state index in [2.05, 4.69) is 10.0 Å². The molecule has 0 saturated carbocycles. The third-order valence-corrected chi connectivity index (χ3v) is 5.61. The average molecular weight is 360 g/mol. The minimum atomic E-state index is -3.65. The smallest absolute Gasteiger partial charge is 0.243 e. The van der Waals surface area contributed by atoms with Crippen molar-refractivity contribution in [1.82, 2.24) is 10.0 Å². The van der Waals surface area contributed by atoms with Crippen molar-refractivity contribution in [1.29, 1.82) is 0 Å². The van der Waals surface area contributed by atoms with E-state index in [0.717, 1.165) is 25.9 Å². The minimum Gasteiger partial charge on any atom is -0.316 e. The predicted molar refractivity (Wildman–Crippen MR) is 84.5 cm³/mol. The van der Waals surface area contributed by atoms with Crippen LogP contribution >= 0.6 is 35.6 Å². The molecule has 114 valence electrons. The van der Waals surface area contributed by atoms with Crippen molar-refractivity contribution in [3.63, 3.8) is 0 Å². The molecule has 0 amide bonds. The lowest BCUT2D eigenvalue weighted by Crippen LogP contribution is -2.27. The Bertz CT molecular complexity index is 525. The summed E-state index contributed by atoms with van der Waals surface area (Å²) in [5.41, 5.74) is 0. The number of hydrogen-bond donors (Lipinski definition) is 2. The van der Waals surface area contributed by atoms with Crippen LogP contribution in [0.15, 0.2) is 23.1 Å². The van der Waals surface area contributed by atoms with Gasteiger partial charge in [-0.25, -0.2) is 13.1 Å². The van der Waals surface area contributed by atoms with Crippen LogP contribution in [-0.2, 0) is 10.0 Å². The highest BCUT2D eigenvalue weighted by Gasteiger charge is 2.22. The number of rotatable bonds is 5. The van der Waals surface area contributed by atoms with Gasteiger partial charge in [-0.05, 0) is 44.0 Å². The van der Waals surface area contributed by atoms with Crippen LogP contribution < -0.4 is 10.0 Å². The second-order valence-corrected chi connectivity index (χ2v) is 7.11. The van der Waals surface area contributed by atoms with Gasteiger partial charge in [-0.2, -0.15) is 0 Å². The molecule has 1 aromatic carbocycles. The van der Waals surface area contributed by atoms with E-state index in [1.165, 1.54) is 12.1 Å². The molecule has 0 bridgehead atoms. The van der Waals surface area contributed by atoms with Crippen molar-refractivity contribution in [2.24, 2.45) is 5.92 Å². The highest BCUT2D eigenvalue weighted by Crippen LogP contribution is 2.28. The molecule has 1 atom stereocenters. The Kier molecular flexibility index (Phi) is 7.04. The lowest BCUT2D eigenvalue weighted by molar-refractivity contribution is 0.519. The fourth-order valence-corrected chi connectivity index (χ4v) is 4.36. The van der Waals surface area contributed by atoms with Gasteiger partial charge in [-0.3, -0.25) is 0 Å². The van der Waals surface area contributed by atoms with Crippen LogP contribution in [0.2, 0.25) is 10.0 Å². The average Bonchev–Trinajstić information content (AvgIpc) is 2.81. The Balaban J connectivity index is 0.00000200. The maximum atomic E-state index is 12.2. The number of benzene rings is 1. The Morgan fingerprint density at radius 2 is 1.95 bits per heavy atom. The number of nitrogens with one attached hydrogen (secondary N) is 2. The molecule has 20 heavy (non-hydrogen) atoms. The third-order valence-electron chi connectivity index (χ3n) is 3.19. The molecule has 1 aliphatic heterocycles. The summed E-state index contributed by atoms with van der Waals surface area (Å²) in [6.07, 6.45) is 1.91. The lowest BCUT2D eigenvalue weighted by atomic mass is 10.1. The number of hydrogen-bond acceptors (Lipinski definition) is 3. The molecule has 2 rings (SSSR count). The van der Waals surface area contributed by atoms with E-state index in [9.17, 15) is 8.42 Å². The maximum absolute atomic E-state index is 12.2. The first-order chi connectivity index (χ1) is 9.00. The van der Waals surface area contributed by atoms with E-state index in [0.29, 0.717) is 12.5 Å². The van der Waals surface area contributed by atoms with E-state index in [1.807, 2.05) is 0 Å². The van der Waals surface area contributed by atoms with Crippen LogP contribution in [0.3, 0.4) is 0 Å². The van der Waals surface area contributed by atoms with Gasteiger partial charge in [0, 0.05) is 6.54 Å². The summed E-state index contributed by atoms with van der Waals surface area (Å²) < 4.78 is 26.9. The molecule has 1 saturated heterocycles. The van der Waals surface area contributed by atoms with Crippen molar-refractivity contribution in [2.75, 3.05) is 19.6 Å². The largest absolute Gasteiger partial charge is 0.316 e. The van der Waals surface area contributed by atoms with E-state index < -0.39 is 10.0 Å². The predicted octanol–water partition coefficient (Wildman–Crippen LogP) is 2.69. The normalized spacial score (nSPS) is 18.8. The topological polar surface area (TPSA) is 58.2 Å². The Morgan fingerprint density at radius 1 is 1.30 bits per heavy atom. The molecule has 1 aliphatic rings. The quantitative estimate of drug-likeness (QED) is 0.850. The van der Waals surface area contributed by atoms with Crippen LogP contribution in [0, 0.1) is 5.92 Å². The Hall–Kier alpha value is -0.0400. The summed E-state index contributed by atoms with van der Waals surface area (Å²) in [6, 6.07) is 4.65. The summed E-state index contributed by atoms with van der Waals surface area (Å²) in [4.78, 5) is -0.0390. The molecule has 1 unspecified atom stereocenters. The van der Waals surface area contributed by atoms with Gasteiger partial charge in [0.15, 0.2) is 0 Å². The maximum Gasteiger partial charge on any atom is 0.243 e. The zero-order valence-electron chi connectivity index (χ0n) is 10.7. The molecular formula is C12H17Cl3N2O2S. The molecule has 0 aliphatic carbocycles. The second kappa shape index (κ2) is 7.82. The van der Waals surface area contributed by atoms with Crippen molar-refractivity contribution >= 4 is 45.6 Å². The van der Waals surface area contributed by atoms with E-state index in [1.54, 1.807) is 6.07 Å². The van der Waals surface area contributed by atoms with E-state index in [4.69, 9.17) is 23.2 Å². The fraction of sp³-hybridized carbons (Fsp3) is 0.500. The fourth-order valence-electron chi connectivity index (χ4n) is 2.17. The zero-order valence-corrected chi connectivity index (χ0v) is 13.9. The SMILES string of the molecule is Cl.O=S(=O)(NCCC1CCNC1)c1c(Cl)cccc1Cl. The molecule has 0 aromatic heterocycles. The molecule has 1 heterocycles. The van der Waals surface area contributed by atoms with Gasteiger partial charge >= 0.3 is 0 Å². The summed E-state index contributed by atoms with van der Waals surface area (Å²) in [5, 5.41) is 3.53. The minimum absolute atomic E-state index is 0. The van der Waals surface area contributed by atoms with Crippen LogP contribution in [0.1, 0.15) is 12.8 Å². The van der Waals surface area contributed by atoms with Crippen LogP contribution in [0.4, 0.5) is 0 Å². The molecular weight excluding hydrogens is 343 g/mol. The van der Waals surface area contributed by atoms with Crippen molar-refractivity contribution in [3.8, 4) is 0 Å². The molecule has 0 radical (unpaired) electrons. The van der Waals surface area contributed by atoms with Crippen molar-refractivity contribution in [3.05, 3.63) is 28.2 Å². The van der Waals surface area contributed by atoms with Gasteiger partial charge < -0.3 is 5.32 Å². The summed E-state index contributed by atoms with van der Waals surface area (Å²) in [5.74, 6) is 0.532. The van der Waals surface area contributed by atoms with Gasteiger partial charge in [0.1, 0.15) is 4.90 Å². The Morgan fingerprint density at radius 3 is 2.50 bits per heavy atom. The van der Waals surface area contributed by atoms with Gasteiger partial charge in [0.25, 0.3) is 0 Å². The molecule has 0 spiro atoms. The van der Waals surface area contributed by atoms with Gasteiger partial charge in [-0.1, -0.05) is 29.3 Å². The first kappa shape index (κ1) is 18.0. The summed E-state index contributed by atoms with van der Waals surface area (Å²) in [7, 11) is -3.65. The van der Waals surface area contributed by atoms with Gasteiger partial charge in [-0.15, -0.1) is 12.4 Å². The number of halogens is 3. The first-order valence-corrected chi connectivity index (χ1v) is 8.39. The third kappa shape index (κ3) is 4.48. The van der Waals surface area contributed by atoms with Crippen LogP contribution in [-0.4, -0.2) is 28.1 Å². The molecule has 8 heteroatoms. The van der Waals surface area contributed by atoms with Crippen molar-refractivity contribution < 1.29 is 8.42 Å². The van der Waals surface area contributed by atoms with Crippen LogP contribution in [0.5, 0.6) is 0 Å². The van der Waals surface area contributed by atoms with Crippen LogP contribution in [0.25, 0.3) is 0 Å². The van der Waals surface area contributed by atoms with Crippen molar-refractivity contribution in [2.45, 2.75) is 17.7 Å². The summed E-state index contributed by atoms with van der Waals surface area (Å²) in [6.45, 7) is 2.36. The first-order valence-electron chi connectivity index (χ1n) is 6.15. The van der Waals surface area contributed by atoms with E-state index >= 15 is 0 Å². The second-order valence-electron chi connectivity index (χ2n) is 4.60. The summed E-state index contributed by atoms with van der Waals surface area (Å²) >= 11 is 11.8. The van der Waals surface area contributed by atoms with E-state index in [-0.39, 0.29) is 27.3 Å². The zero-order chi connectivity index (χ0) is 13.9. The molecule has 2 N–H and O–H groups in total. The standard InChI is InChI=1S/C12H16Cl2N2O2S.ClH/c13-10-2-1-3-11(14)12(10)19(17,18)16-7-5-9-4-6-15-8-9;/h1-3,9,15-16H,4-8H2;1H. The molecule has 1 fully saturated rings. The van der Waals surface area contributed by atoms with Gasteiger partial charge in [0.2, 0.25) is 10.0 Å². The highest BCUT2D eigenvalue weighted by molar-refractivity contribution is 7.89. The van der Waals surface area contributed by atoms with Gasteiger partial charge in [0.05, 0.1) is 10.0 Å². The molecule has 1 aromatic rings. The molecule has 4 nitrogen and oxygen atoms in total. The Labute approximate surface area is 135 Å².